The van der Waals surface area contributed by atoms with Gasteiger partial charge >= 0.3 is 5.97 Å². The van der Waals surface area contributed by atoms with Crippen LogP contribution in [0.3, 0.4) is 0 Å². The van der Waals surface area contributed by atoms with Crippen molar-refractivity contribution in [3.63, 3.8) is 0 Å². The summed E-state index contributed by atoms with van der Waals surface area (Å²) in [6.45, 7) is 1.44. The van der Waals surface area contributed by atoms with Crippen molar-refractivity contribution in [1.29, 1.82) is 0 Å². The number of nitrogens with one attached hydrogen (secondary N) is 1. The van der Waals surface area contributed by atoms with Crippen molar-refractivity contribution in [2.45, 2.75) is 6.42 Å². The molecule has 8 nitrogen and oxygen atoms in total. The fraction of sp³-hybridized carbons (Fsp3) is 0.412. The van der Waals surface area contributed by atoms with Gasteiger partial charge in [-0.15, -0.1) is 0 Å². The monoisotopic (exact) mass is 382 g/mol. The largest absolute Gasteiger partial charge is 0.456 e. The molecule has 0 radical (unpaired) electrons. The molecule has 0 spiro atoms. The van der Waals surface area contributed by atoms with Gasteiger partial charge in [-0.05, 0) is 11.6 Å². The third-order valence-electron chi connectivity index (χ3n) is 3.59. The van der Waals surface area contributed by atoms with Crippen LogP contribution in [0.2, 0.25) is 0 Å². The van der Waals surface area contributed by atoms with Crippen LogP contribution in [0.1, 0.15) is 12.0 Å². The molecule has 0 atom stereocenters. The van der Waals surface area contributed by atoms with Gasteiger partial charge in [-0.3, -0.25) is 9.59 Å². The van der Waals surface area contributed by atoms with Crippen molar-refractivity contribution in [2.24, 2.45) is 0 Å². The van der Waals surface area contributed by atoms with Crippen molar-refractivity contribution in [2.75, 3.05) is 39.5 Å². The summed E-state index contributed by atoms with van der Waals surface area (Å²) < 4.78 is 36.0. The number of nitrogens with zero attached hydrogens (tertiary/aromatic N) is 1. The molecule has 0 bridgehead atoms. The molecule has 1 aromatic carbocycles. The minimum absolute atomic E-state index is 0.105. The van der Waals surface area contributed by atoms with Gasteiger partial charge in [-0.2, -0.15) is 0 Å². The summed E-state index contributed by atoms with van der Waals surface area (Å²) in [6.07, 6.45) is 1.30. The standard InChI is InChI=1S/C17H22N2O6S/c20-16(19-9-11-24-12-10-19)14-25-17(21)6-8-18-26(22,23)13-7-15-4-2-1-3-5-15/h1-5,7,13,18H,6,8-12,14H2/b13-7+. The lowest BCUT2D eigenvalue weighted by Crippen LogP contribution is -2.42. The maximum atomic E-state index is 11.8. The number of benzene rings is 1. The van der Waals surface area contributed by atoms with Gasteiger partial charge in [-0.25, -0.2) is 13.1 Å². The number of rotatable bonds is 8. The number of morpholine rings is 1. The Morgan fingerprint density at radius 1 is 1.19 bits per heavy atom. The average molecular weight is 382 g/mol. The fourth-order valence-corrected chi connectivity index (χ4v) is 3.01. The molecule has 0 unspecified atom stereocenters. The van der Waals surface area contributed by atoms with Gasteiger partial charge in [0.1, 0.15) is 0 Å². The lowest BCUT2D eigenvalue weighted by molar-refractivity contribution is -0.153. The van der Waals surface area contributed by atoms with Gasteiger partial charge in [0, 0.05) is 25.0 Å². The number of ether oxygens (including phenoxy) is 2. The van der Waals surface area contributed by atoms with Crippen LogP contribution in [-0.4, -0.2) is 64.6 Å². The van der Waals surface area contributed by atoms with E-state index in [1.54, 1.807) is 29.2 Å². The summed E-state index contributed by atoms with van der Waals surface area (Å²) in [5.41, 5.74) is 0.749. The highest BCUT2D eigenvalue weighted by Crippen LogP contribution is 2.03. The van der Waals surface area contributed by atoms with E-state index in [9.17, 15) is 18.0 Å². The second kappa shape index (κ2) is 10.0. The SMILES string of the molecule is O=C(CCNS(=O)(=O)/C=C/c1ccccc1)OCC(=O)N1CCOCC1. The number of hydrogen-bond donors (Lipinski definition) is 1. The van der Waals surface area contributed by atoms with Crippen LogP contribution < -0.4 is 4.72 Å². The Morgan fingerprint density at radius 2 is 1.88 bits per heavy atom. The van der Waals surface area contributed by atoms with Gasteiger partial charge in [0.15, 0.2) is 6.61 Å². The van der Waals surface area contributed by atoms with Crippen LogP contribution in [0, 0.1) is 0 Å². The summed E-state index contributed by atoms with van der Waals surface area (Å²) in [5.74, 6) is -0.922. The van der Waals surface area contributed by atoms with E-state index in [1.807, 2.05) is 6.07 Å². The van der Waals surface area contributed by atoms with Gasteiger partial charge in [0.25, 0.3) is 5.91 Å². The maximum Gasteiger partial charge on any atom is 0.307 e. The summed E-state index contributed by atoms with van der Waals surface area (Å²) in [5, 5.41) is 1.04. The van der Waals surface area contributed by atoms with Gasteiger partial charge in [0.05, 0.1) is 19.6 Å². The van der Waals surface area contributed by atoms with E-state index < -0.39 is 16.0 Å². The predicted molar refractivity (Wildman–Crippen MR) is 95.4 cm³/mol. The van der Waals surface area contributed by atoms with Crippen molar-refractivity contribution in [3.05, 3.63) is 41.3 Å². The van der Waals surface area contributed by atoms with E-state index in [-0.39, 0.29) is 25.5 Å². The summed E-state index contributed by atoms with van der Waals surface area (Å²) in [4.78, 5) is 25.0. The smallest absolute Gasteiger partial charge is 0.307 e. The molecule has 0 aromatic heterocycles. The summed E-state index contributed by atoms with van der Waals surface area (Å²) in [6, 6.07) is 8.98. The average Bonchev–Trinajstić information content (AvgIpc) is 2.66. The van der Waals surface area contributed by atoms with Crippen LogP contribution in [0.15, 0.2) is 35.7 Å². The first-order valence-corrected chi connectivity index (χ1v) is 9.75. The van der Waals surface area contributed by atoms with Crippen LogP contribution in [-0.2, 0) is 29.1 Å². The maximum absolute atomic E-state index is 11.8. The van der Waals surface area contributed by atoms with Crippen molar-refractivity contribution >= 4 is 28.0 Å². The normalized spacial score (nSPS) is 15.2. The second-order valence-electron chi connectivity index (χ2n) is 5.56. The molecular formula is C17H22N2O6S. The second-order valence-corrected chi connectivity index (χ2v) is 7.21. The molecule has 9 heteroatoms. The Balaban J connectivity index is 1.67. The zero-order valence-electron chi connectivity index (χ0n) is 14.3. The number of hydrogen-bond acceptors (Lipinski definition) is 6. The van der Waals surface area contributed by atoms with Crippen LogP contribution in [0.5, 0.6) is 0 Å². The number of sulfonamides is 1. The van der Waals surface area contributed by atoms with E-state index in [1.165, 1.54) is 6.08 Å². The van der Waals surface area contributed by atoms with E-state index in [4.69, 9.17) is 9.47 Å². The molecule has 0 saturated carbocycles. The molecule has 142 valence electrons. The van der Waals surface area contributed by atoms with Crippen molar-refractivity contribution in [1.82, 2.24) is 9.62 Å². The number of amides is 1. The molecule has 0 aliphatic carbocycles. The highest BCUT2D eigenvalue weighted by atomic mass is 32.2. The van der Waals surface area contributed by atoms with E-state index in [0.29, 0.717) is 26.3 Å². The molecule has 1 aliphatic rings. The zero-order chi connectivity index (χ0) is 18.8. The summed E-state index contributed by atoms with van der Waals surface area (Å²) >= 11 is 0. The first-order chi connectivity index (χ1) is 12.5. The molecule has 1 fully saturated rings. The van der Waals surface area contributed by atoms with E-state index >= 15 is 0 Å². The Morgan fingerprint density at radius 3 is 2.58 bits per heavy atom. The first kappa shape index (κ1) is 20.1. The zero-order valence-corrected chi connectivity index (χ0v) is 15.1. The fourth-order valence-electron chi connectivity index (χ4n) is 2.19. The topological polar surface area (TPSA) is 102 Å². The molecule has 1 aliphatic heterocycles. The minimum Gasteiger partial charge on any atom is -0.456 e. The molecule has 1 aromatic rings. The summed E-state index contributed by atoms with van der Waals surface area (Å²) in [7, 11) is -3.65. The van der Waals surface area contributed by atoms with E-state index in [2.05, 4.69) is 4.72 Å². The predicted octanol–water partition coefficient (Wildman–Crippen LogP) is 0.369. The third-order valence-corrected chi connectivity index (χ3v) is 4.69. The van der Waals surface area contributed by atoms with Gasteiger partial charge in [-0.1, -0.05) is 30.3 Å². The molecule has 1 N–H and O–H groups in total. The molecule has 26 heavy (non-hydrogen) atoms. The molecule has 1 amide bonds. The Kier molecular flexibility index (Phi) is 7.76. The number of esters is 1. The highest BCUT2D eigenvalue weighted by molar-refractivity contribution is 7.92. The molecule has 1 saturated heterocycles. The van der Waals surface area contributed by atoms with Crippen molar-refractivity contribution < 1.29 is 27.5 Å². The minimum atomic E-state index is -3.65. The number of carbonyl (C=O) groups excluding carboxylic acids is 2. The lowest BCUT2D eigenvalue weighted by Gasteiger charge is -2.26. The van der Waals surface area contributed by atoms with Crippen molar-refractivity contribution in [3.8, 4) is 0 Å². The molecule has 1 heterocycles. The van der Waals surface area contributed by atoms with E-state index in [0.717, 1.165) is 11.0 Å². The Bertz CT molecular complexity index is 727. The number of carbonyl (C=O) groups is 2. The molecular weight excluding hydrogens is 360 g/mol. The highest BCUT2D eigenvalue weighted by Gasteiger charge is 2.18. The van der Waals surface area contributed by atoms with Gasteiger partial charge < -0.3 is 14.4 Å². The van der Waals surface area contributed by atoms with Crippen LogP contribution >= 0.6 is 0 Å². The van der Waals surface area contributed by atoms with Gasteiger partial charge in [0.2, 0.25) is 10.0 Å². The lowest BCUT2D eigenvalue weighted by atomic mass is 10.2. The Hall–Kier alpha value is -2.23. The Labute approximate surface area is 152 Å². The third kappa shape index (κ3) is 7.34. The van der Waals surface area contributed by atoms with Crippen LogP contribution in [0.25, 0.3) is 6.08 Å². The van der Waals surface area contributed by atoms with Crippen LogP contribution in [0.4, 0.5) is 0 Å². The molecule has 2 rings (SSSR count). The first-order valence-electron chi connectivity index (χ1n) is 8.20. The quantitative estimate of drug-likeness (QED) is 0.652.